The first-order valence-electron chi connectivity index (χ1n) is 14.3. The molecule has 1 aliphatic carbocycles. The molecule has 0 spiro atoms. The summed E-state index contributed by atoms with van der Waals surface area (Å²) in [6.07, 6.45) is 7.98. The van der Waals surface area contributed by atoms with E-state index in [1.165, 1.54) is 44.3 Å². The minimum Gasteiger partial charge on any atom is -0.311 e. The van der Waals surface area contributed by atoms with Crippen LogP contribution in [0.25, 0.3) is 33.0 Å². The predicted octanol–water partition coefficient (Wildman–Crippen LogP) is 10.9. The van der Waals surface area contributed by atoms with E-state index in [2.05, 4.69) is 175 Å². The summed E-state index contributed by atoms with van der Waals surface area (Å²) in [5.74, 6) is 0.399. The Kier molecular flexibility index (Phi) is 6.77. The van der Waals surface area contributed by atoms with Gasteiger partial charge in [-0.25, -0.2) is 0 Å². The van der Waals surface area contributed by atoms with Crippen molar-refractivity contribution >= 4 is 22.1 Å². The van der Waals surface area contributed by atoms with Gasteiger partial charge in [-0.2, -0.15) is 0 Å². The highest BCUT2D eigenvalue weighted by molar-refractivity contribution is 5.96. The van der Waals surface area contributed by atoms with Crippen LogP contribution in [-0.2, 0) is 0 Å². The Labute approximate surface area is 242 Å². The standard InChI is InChI=1S/C40H31N/c1-3-10-30(11-4-1)32-18-24-36(25-19-32)41(37-26-20-33(21-27-37)31-12-5-2-6-13-31)38-28-22-35(23-29-38)40-17-9-15-34-14-7-8-16-39(34)40/h1-20,22-29,33H,21H2. The first-order valence-corrected chi connectivity index (χ1v) is 14.3. The summed E-state index contributed by atoms with van der Waals surface area (Å²) < 4.78 is 0. The lowest BCUT2D eigenvalue weighted by Crippen LogP contribution is -2.17. The zero-order chi connectivity index (χ0) is 27.4. The molecule has 1 aliphatic rings. The first kappa shape index (κ1) is 24.9. The van der Waals surface area contributed by atoms with Gasteiger partial charge in [0.2, 0.25) is 0 Å². The highest BCUT2D eigenvalue weighted by Crippen LogP contribution is 2.37. The van der Waals surface area contributed by atoms with Crippen molar-refractivity contribution in [3.05, 3.63) is 181 Å². The number of nitrogens with zero attached hydrogens (tertiary/aromatic N) is 1. The van der Waals surface area contributed by atoms with E-state index in [-0.39, 0.29) is 0 Å². The zero-order valence-corrected chi connectivity index (χ0v) is 22.9. The molecule has 7 rings (SSSR count). The lowest BCUT2D eigenvalue weighted by molar-refractivity contribution is 0.840. The van der Waals surface area contributed by atoms with Crippen LogP contribution in [0.3, 0.4) is 0 Å². The summed E-state index contributed by atoms with van der Waals surface area (Å²) in [6, 6.07) is 54.4. The third-order valence-corrected chi connectivity index (χ3v) is 8.02. The van der Waals surface area contributed by atoms with Crippen LogP contribution in [0, 0.1) is 0 Å². The minimum absolute atomic E-state index is 0.399. The lowest BCUT2D eigenvalue weighted by Gasteiger charge is -2.29. The molecule has 0 fully saturated rings. The second-order valence-electron chi connectivity index (χ2n) is 10.6. The Morgan fingerprint density at radius 3 is 1.76 bits per heavy atom. The number of hydrogen-bond donors (Lipinski definition) is 0. The molecule has 0 aliphatic heterocycles. The van der Waals surface area contributed by atoms with Gasteiger partial charge in [0, 0.05) is 23.0 Å². The molecule has 196 valence electrons. The first-order chi connectivity index (χ1) is 20.3. The summed E-state index contributed by atoms with van der Waals surface area (Å²) in [6.45, 7) is 0. The maximum absolute atomic E-state index is 2.38. The van der Waals surface area contributed by atoms with Crippen LogP contribution in [0.5, 0.6) is 0 Å². The average molecular weight is 526 g/mol. The predicted molar refractivity (Wildman–Crippen MR) is 174 cm³/mol. The van der Waals surface area contributed by atoms with Crippen LogP contribution >= 0.6 is 0 Å². The number of hydrogen-bond acceptors (Lipinski definition) is 1. The summed E-state index contributed by atoms with van der Waals surface area (Å²) in [7, 11) is 0. The Bertz CT molecular complexity index is 1820. The molecular formula is C40H31N. The van der Waals surface area contributed by atoms with Crippen molar-refractivity contribution in [2.45, 2.75) is 12.3 Å². The molecule has 0 aromatic heterocycles. The van der Waals surface area contributed by atoms with Crippen LogP contribution in [-0.4, -0.2) is 0 Å². The number of fused-ring (bicyclic) bond motifs is 1. The normalized spacial score (nSPS) is 14.5. The molecule has 1 heteroatoms. The third kappa shape index (κ3) is 5.11. The van der Waals surface area contributed by atoms with Gasteiger partial charge in [0.05, 0.1) is 0 Å². The van der Waals surface area contributed by atoms with Gasteiger partial charge in [-0.15, -0.1) is 0 Å². The van der Waals surface area contributed by atoms with E-state index in [0.717, 1.165) is 17.8 Å². The number of allylic oxidation sites excluding steroid dienone is 3. The number of rotatable bonds is 6. The molecule has 0 N–H and O–H groups in total. The quantitative estimate of drug-likeness (QED) is 0.209. The Morgan fingerprint density at radius 2 is 1.07 bits per heavy atom. The minimum atomic E-state index is 0.399. The van der Waals surface area contributed by atoms with Crippen LogP contribution in [0.2, 0.25) is 0 Å². The molecule has 0 radical (unpaired) electrons. The van der Waals surface area contributed by atoms with E-state index in [0.29, 0.717) is 5.92 Å². The van der Waals surface area contributed by atoms with Gasteiger partial charge in [0.25, 0.3) is 0 Å². The fraction of sp³-hybridized carbons (Fsp3) is 0.0500. The summed E-state index contributed by atoms with van der Waals surface area (Å²) in [4.78, 5) is 2.37. The smallest absolute Gasteiger partial charge is 0.0461 e. The van der Waals surface area contributed by atoms with Gasteiger partial charge in [0.15, 0.2) is 0 Å². The number of benzene rings is 6. The van der Waals surface area contributed by atoms with Crippen LogP contribution in [0.15, 0.2) is 176 Å². The SMILES string of the molecule is C1=CC(c2ccccc2)CC=C1N(c1ccc(-c2ccccc2)cc1)c1ccc(-c2cccc3ccccc23)cc1. The van der Waals surface area contributed by atoms with Crippen LogP contribution in [0.4, 0.5) is 11.4 Å². The highest BCUT2D eigenvalue weighted by atomic mass is 15.1. The topological polar surface area (TPSA) is 3.24 Å². The van der Waals surface area contributed by atoms with Gasteiger partial charge >= 0.3 is 0 Å². The van der Waals surface area contributed by atoms with E-state index < -0.39 is 0 Å². The fourth-order valence-corrected chi connectivity index (χ4v) is 5.87. The highest BCUT2D eigenvalue weighted by Gasteiger charge is 2.18. The molecular weight excluding hydrogens is 494 g/mol. The van der Waals surface area contributed by atoms with Gasteiger partial charge in [-0.1, -0.05) is 140 Å². The van der Waals surface area contributed by atoms with Crippen molar-refractivity contribution in [1.82, 2.24) is 0 Å². The monoisotopic (exact) mass is 525 g/mol. The van der Waals surface area contributed by atoms with Gasteiger partial charge in [-0.3, -0.25) is 0 Å². The van der Waals surface area contributed by atoms with Crippen molar-refractivity contribution in [3.8, 4) is 22.3 Å². The van der Waals surface area contributed by atoms with Crippen molar-refractivity contribution < 1.29 is 0 Å². The lowest BCUT2D eigenvalue weighted by atomic mass is 9.91. The van der Waals surface area contributed by atoms with Crippen LogP contribution < -0.4 is 4.90 Å². The second-order valence-corrected chi connectivity index (χ2v) is 10.6. The fourth-order valence-electron chi connectivity index (χ4n) is 5.87. The Morgan fingerprint density at radius 1 is 0.488 bits per heavy atom. The van der Waals surface area contributed by atoms with E-state index in [4.69, 9.17) is 0 Å². The summed E-state index contributed by atoms with van der Waals surface area (Å²) in [5, 5.41) is 2.54. The van der Waals surface area contributed by atoms with E-state index >= 15 is 0 Å². The molecule has 0 saturated carbocycles. The third-order valence-electron chi connectivity index (χ3n) is 8.02. The molecule has 0 bridgehead atoms. The van der Waals surface area contributed by atoms with Gasteiger partial charge in [-0.05, 0) is 75.4 Å². The van der Waals surface area contributed by atoms with E-state index in [1.54, 1.807) is 0 Å². The molecule has 0 heterocycles. The zero-order valence-electron chi connectivity index (χ0n) is 22.9. The van der Waals surface area contributed by atoms with Crippen molar-refractivity contribution in [3.63, 3.8) is 0 Å². The number of anilines is 2. The Hall–Kier alpha value is -5.14. The largest absolute Gasteiger partial charge is 0.311 e. The molecule has 6 aromatic carbocycles. The van der Waals surface area contributed by atoms with Crippen molar-refractivity contribution in [2.75, 3.05) is 4.90 Å². The maximum atomic E-state index is 2.38. The summed E-state index contributed by atoms with van der Waals surface area (Å²) >= 11 is 0. The maximum Gasteiger partial charge on any atom is 0.0461 e. The van der Waals surface area contributed by atoms with Crippen molar-refractivity contribution in [1.29, 1.82) is 0 Å². The second kappa shape index (κ2) is 11.2. The average Bonchev–Trinajstić information content (AvgIpc) is 3.06. The Balaban J connectivity index is 1.25. The van der Waals surface area contributed by atoms with E-state index in [9.17, 15) is 0 Å². The van der Waals surface area contributed by atoms with E-state index in [1.807, 2.05) is 0 Å². The van der Waals surface area contributed by atoms with Gasteiger partial charge < -0.3 is 4.90 Å². The summed E-state index contributed by atoms with van der Waals surface area (Å²) in [5.41, 5.74) is 9.79. The molecule has 1 unspecified atom stereocenters. The molecule has 41 heavy (non-hydrogen) atoms. The van der Waals surface area contributed by atoms with Crippen LogP contribution in [0.1, 0.15) is 17.9 Å². The van der Waals surface area contributed by atoms with Gasteiger partial charge in [0.1, 0.15) is 0 Å². The molecule has 6 aromatic rings. The molecule has 1 nitrogen and oxygen atoms in total. The van der Waals surface area contributed by atoms with Crippen molar-refractivity contribution in [2.24, 2.45) is 0 Å². The molecule has 0 amide bonds. The molecule has 0 saturated heterocycles. The molecule has 1 atom stereocenters.